The number of nitrogens with zero attached hydrogens (tertiary/aromatic N) is 2. The van der Waals surface area contributed by atoms with Crippen LogP contribution in [0.2, 0.25) is 0 Å². The molecule has 1 amide bonds. The first-order valence-corrected chi connectivity index (χ1v) is 12.8. The number of carbonyl (C=O) groups excluding carboxylic acids is 1. The number of nitrogen functional groups attached to an aromatic ring is 1. The molecule has 1 aliphatic rings. The van der Waals surface area contributed by atoms with Crippen LogP contribution >= 0.6 is 11.8 Å². The van der Waals surface area contributed by atoms with Gasteiger partial charge in [0.25, 0.3) is 5.91 Å². The van der Waals surface area contributed by atoms with E-state index in [1.54, 1.807) is 48.7 Å². The second kappa shape index (κ2) is 11.2. The largest absolute Gasteiger partial charge is 0.393 e. The first-order chi connectivity index (χ1) is 16.9. The number of aromatic nitrogens is 2. The summed E-state index contributed by atoms with van der Waals surface area (Å²) in [5.74, 6) is -0.203. The van der Waals surface area contributed by atoms with Gasteiger partial charge in [-0.25, -0.2) is 14.4 Å². The Bertz CT molecular complexity index is 1170. The molecule has 0 radical (unpaired) electrons. The SMILES string of the molecule is CSc1cccc([C@H](NC(=O)c2ccccc2)C(O)F)c1-c1nc(C2CCC(O)CC2)cnc1N. The fourth-order valence-electron chi connectivity index (χ4n) is 4.50. The number of rotatable bonds is 7. The zero-order valence-electron chi connectivity index (χ0n) is 19.4. The first kappa shape index (κ1) is 25.1. The van der Waals surface area contributed by atoms with Crippen LogP contribution < -0.4 is 11.1 Å². The molecule has 9 heteroatoms. The Kier molecular flexibility index (Phi) is 8.00. The van der Waals surface area contributed by atoms with E-state index in [1.165, 1.54) is 11.8 Å². The third-order valence-electron chi connectivity index (χ3n) is 6.38. The normalized spacial score (nSPS) is 19.7. The van der Waals surface area contributed by atoms with E-state index in [0.29, 0.717) is 35.2 Å². The van der Waals surface area contributed by atoms with Crippen molar-refractivity contribution >= 4 is 23.5 Å². The van der Waals surface area contributed by atoms with Gasteiger partial charge in [0.1, 0.15) is 17.6 Å². The highest BCUT2D eigenvalue weighted by atomic mass is 32.2. The number of carbonyl (C=O) groups is 1. The number of aliphatic hydroxyl groups excluding tert-OH is 2. The van der Waals surface area contributed by atoms with Crippen LogP contribution in [0.3, 0.4) is 0 Å². The molecule has 4 rings (SSSR count). The monoisotopic (exact) mass is 496 g/mol. The van der Waals surface area contributed by atoms with Gasteiger partial charge in [0, 0.05) is 21.9 Å². The molecule has 184 valence electrons. The van der Waals surface area contributed by atoms with Crippen LogP contribution in [0.15, 0.2) is 59.6 Å². The van der Waals surface area contributed by atoms with Crippen molar-refractivity contribution in [3.8, 4) is 11.3 Å². The van der Waals surface area contributed by atoms with Crippen LogP contribution in [0.4, 0.5) is 10.2 Å². The maximum atomic E-state index is 14.6. The van der Waals surface area contributed by atoms with Gasteiger partial charge in [-0.2, -0.15) is 0 Å². The van der Waals surface area contributed by atoms with Crippen LogP contribution in [0.5, 0.6) is 0 Å². The van der Waals surface area contributed by atoms with Crippen molar-refractivity contribution in [2.75, 3.05) is 12.0 Å². The molecule has 1 aromatic heterocycles. The molecule has 1 unspecified atom stereocenters. The number of thioether (sulfide) groups is 1. The van der Waals surface area contributed by atoms with Crippen LogP contribution in [0, 0.1) is 0 Å². The molecular formula is C26H29FN4O3S. The lowest BCUT2D eigenvalue weighted by Gasteiger charge is -2.26. The number of aliphatic hydroxyl groups is 2. The predicted molar refractivity (Wildman–Crippen MR) is 135 cm³/mol. The van der Waals surface area contributed by atoms with E-state index in [2.05, 4.69) is 10.3 Å². The zero-order chi connectivity index (χ0) is 24.9. The second-order valence-corrected chi connectivity index (χ2v) is 9.50. The van der Waals surface area contributed by atoms with Gasteiger partial charge >= 0.3 is 0 Å². The summed E-state index contributed by atoms with van der Waals surface area (Å²) in [6, 6.07) is 12.3. The van der Waals surface area contributed by atoms with Gasteiger partial charge < -0.3 is 21.3 Å². The minimum absolute atomic E-state index is 0.135. The quantitative estimate of drug-likeness (QED) is 0.361. The summed E-state index contributed by atoms with van der Waals surface area (Å²) in [5.41, 5.74) is 8.64. The topological polar surface area (TPSA) is 121 Å². The molecule has 0 saturated heterocycles. The number of anilines is 1. The molecule has 3 aromatic rings. The first-order valence-electron chi connectivity index (χ1n) is 11.5. The Morgan fingerprint density at radius 1 is 1.14 bits per heavy atom. The summed E-state index contributed by atoms with van der Waals surface area (Å²) in [4.78, 5) is 22.8. The number of hydrogen-bond acceptors (Lipinski definition) is 7. The molecule has 1 fully saturated rings. The molecule has 2 aromatic carbocycles. The van der Waals surface area contributed by atoms with Crippen molar-refractivity contribution in [3.63, 3.8) is 0 Å². The Balaban J connectivity index is 1.77. The zero-order valence-corrected chi connectivity index (χ0v) is 20.2. The Morgan fingerprint density at radius 2 is 1.86 bits per heavy atom. The summed E-state index contributed by atoms with van der Waals surface area (Å²) in [5, 5.41) is 22.6. The highest BCUT2D eigenvalue weighted by molar-refractivity contribution is 7.98. The lowest BCUT2D eigenvalue weighted by atomic mass is 9.85. The average Bonchev–Trinajstić information content (AvgIpc) is 2.88. The van der Waals surface area contributed by atoms with Gasteiger partial charge in [-0.1, -0.05) is 30.3 Å². The van der Waals surface area contributed by atoms with E-state index in [0.717, 1.165) is 23.4 Å². The molecule has 35 heavy (non-hydrogen) atoms. The number of benzene rings is 2. The van der Waals surface area contributed by atoms with Crippen molar-refractivity contribution in [1.82, 2.24) is 15.3 Å². The highest BCUT2D eigenvalue weighted by Gasteiger charge is 2.30. The number of hydrogen-bond donors (Lipinski definition) is 4. The van der Waals surface area contributed by atoms with Crippen molar-refractivity contribution in [3.05, 3.63) is 71.5 Å². The third kappa shape index (κ3) is 5.63. The predicted octanol–water partition coefficient (Wildman–Crippen LogP) is 4.23. The molecule has 1 heterocycles. The van der Waals surface area contributed by atoms with E-state index in [-0.39, 0.29) is 17.8 Å². The Hall–Kier alpha value is -3.01. The van der Waals surface area contributed by atoms with Gasteiger partial charge in [0.15, 0.2) is 0 Å². The Morgan fingerprint density at radius 3 is 2.51 bits per heavy atom. The molecule has 5 N–H and O–H groups in total. The number of amides is 1. The summed E-state index contributed by atoms with van der Waals surface area (Å²) in [6.45, 7) is 0. The molecule has 0 bridgehead atoms. The van der Waals surface area contributed by atoms with E-state index < -0.39 is 18.3 Å². The lowest BCUT2D eigenvalue weighted by molar-refractivity contribution is 0.00648. The molecule has 2 atom stereocenters. The molecule has 1 saturated carbocycles. The van der Waals surface area contributed by atoms with Crippen LogP contribution in [-0.2, 0) is 0 Å². The fourth-order valence-corrected chi connectivity index (χ4v) is 5.14. The van der Waals surface area contributed by atoms with Gasteiger partial charge in [0.05, 0.1) is 18.0 Å². The molecule has 0 spiro atoms. The third-order valence-corrected chi connectivity index (χ3v) is 7.16. The second-order valence-electron chi connectivity index (χ2n) is 8.65. The van der Waals surface area contributed by atoms with Crippen LogP contribution in [0.25, 0.3) is 11.3 Å². The summed E-state index contributed by atoms with van der Waals surface area (Å²) in [7, 11) is 0. The van der Waals surface area contributed by atoms with Crippen molar-refractivity contribution in [2.45, 2.75) is 55.0 Å². The van der Waals surface area contributed by atoms with Crippen LogP contribution in [-0.4, -0.2) is 44.8 Å². The smallest absolute Gasteiger partial charge is 0.251 e. The van der Waals surface area contributed by atoms with Gasteiger partial charge in [-0.15, -0.1) is 11.8 Å². The maximum Gasteiger partial charge on any atom is 0.251 e. The Labute approximate surface area is 208 Å². The molecule has 0 aliphatic heterocycles. The van der Waals surface area contributed by atoms with Gasteiger partial charge in [-0.3, -0.25) is 4.79 Å². The number of halogens is 1. The van der Waals surface area contributed by atoms with Gasteiger partial charge in [-0.05, 0) is 55.7 Å². The maximum absolute atomic E-state index is 14.6. The van der Waals surface area contributed by atoms with Gasteiger partial charge in [0.2, 0.25) is 6.36 Å². The fraction of sp³-hybridized carbons (Fsp3) is 0.346. The standard InChI is InChI=1S/C26H29FN4O3S/c1-35-20-9-5-8-18(22(24(27)33)31-26(34)16-6-3-2-4-7-16)21(20)23-25(28)29-14-19(30-23)15-10-12-17(32)13-11-15/h2-9,14-15,17,22,24,32-33H,10-13H2,1H3,(H2,28,29)(H,31,34)/t15?,17?,22-,24?/m0/s1. The highest BCUT2D eigenvalue weighted by Crippen LogP contribution is 2.40. The summed E-state index contributed by atoms with van der Waals surface area (Å²) >= 11 is 1.43. The lowest BCUT2D eigenvalue weighted by Crippen LogP contribution is -2.35. The molecule has 1 aliphatic carbocycles. The van der Waals surface area contributed by atoms with Crippen molar-refractivity contribution < 1.29 is 19.4 Å². The summed E-state index contributed by atoms with van der Waals surface area (Å²) < 4.78 is 14.6. The van der Waals surface area contributed by atoms with E-state index in [9.17, 15) is 19.4 Å². The van der Waals surface area contributed by atoms with Crippen molar-refractivity contribution in [2.24, 2.45) is 0 Å². The van der Waals surface area contributed by atoms with E-state index >= 15 is 0 Å². The summed E-state index contributed by atoms with van der Waals surface area (Å²) in [6.07, 6.45) is 3.83. The minimum atomic E-state index is -2.37. The minimum Gasteiger partial charge on any atom is -0.393 e. The van der Waals surface area contributed by atoms with E-state index in [4.69, 9.17) is 10.7 Å². The van der Waals surface area contributed by atoms with E-state index in [1.807, 2.05) is 12.3 Å². The number of alkyl halides is 1. The average molecular weight is 497 g/mol. The van der Waals surface area contributed by atoms with Crippen LogP contribution in [0.1, 0.15) is 59.3 Å². The molecular weight excluding hydrogens is 467 g/mol. The molecule has 7 nitrogen and oxygen atoms in total. The number of nitrogens with one attached hydrogen (secondary N) is 1. The number of nitrogens with two attached hydrogens (primary N) is 1. The van der Waals surface area contributed by atoms with Crippen molar-refractivity contribution in [1.29, 1.82) is 0 Å².